The lowest BCUT2D eigenvalue weighted by Gasteiger charge is -2.33. The molecular weight excluding hydrogens is 282 g/mol. The van der Waals surface area contributed by atoms with Gasteiger partial charge in [0, 0.05) is 38.6 Å². The largest absolute Gasteiger partial charge is 0.364 e. The highest BCUT2D eigenvalue weighted by molar-refractivity contribution is 5.92. The molecule has 1 fully saturated rings. The smallest absolute Gasteiger partial charge is 0.274 e. The highest BCUT2D eigenvalue weighted by Crippen LogP contribution is 2.12. The van der Waals surface area contributed by atoms with E-state index in [9.17, 15) is 9.59 Å². The highest BCUT2D eigenvalue weighted by atomic mass is 16.2. The number of anilines is 1. The fraction of sp³-hybridized carbons (Fsp3) is 0.600. The van der Waals surface area contributed by atoms with E-state index in [1.54, 1.807) is 28.9 Å². The van der Waals surface area contributed by atoms with E-state index in [0.717, 1.165) is 0 Å². The van der Waals surface area contributed by atoms with Gasteiger partial charge in [0.15, 0.2) is 5.69 Å². The predicted octanol–water partition coefficient (Wildman–Crippen LogP) is 0.991. The molecule has 1 aromatic rings. The summed E-state index contributed by atoms with van der Waals surface area (Å²) in [4.78, 5) is 27.1. The average Bonchev–Trinajstić information content (AvgIpc) is 2.46. The molecule has 0 radical (unpaired) electrons. The second-order valence-electron chi connectivity index (χ2n) is 6.48. The summed E-state index contributed by atoms with van der Waals surface area (Å²) >= 11 is 0. The number of hydrogen-bond acceptors (Lipinski definition) is 5. The van der Waals surface area contributed by atoms with Crippen LogP contribution >= 0.6 is 0 Å². The average molecular weight is 305 g/mol. The predicted molar refractivity (Wildman–Crippen MR) is 83.6 cm³/mol. The van der Waals surface area contributed by atoms with E-state index >= 15 is 0 Å². The maximum atomic E-state index is 12.4. The minimum atomic E-state index is -0.141. The third kappa shape index (κ3) is 4.16. The van der Waals surface area contributed by atoms with Crippen LogP contribution < -0.4 is 5.32 Å². The molecule has 2 rings (SSSR count). The van der Waals surface area contributed by atoms with Gasteiger partial charge in [-0.3, -0.25) is 9.59 Å². The van der Waals surface area contributed by atoms with Gasteiger partial charge in [-0.25, -0.2) is 0 Å². The van der Waals surface area contributed by atoms with E-state index in [-0.39, 0.29) is 17.4 Å². The summed E-state index contributed by atoms with van der Waals surface area (Å²) in [5.41, 5.74) is 0.221. The monoisotopic (exact) mass is 305 g/mol. The van der Waals surface area contributed by atoms with Gasteiger partial charge in [0.2, 0.25) is 5.91 Å². The van der Waals surface area contributed by atoms with Crippen molar-refractivity contribution in [1.29, 1.82) is 0 Å². The van der Waals surface area contributed by atoms with Crippen LogP contribution in [0.1, 0.15) is 38.2 Å². The van der Waals surface area contributed by atoms with Crippen molar-refractivity contribution in [3.05, 3.63) is 17.8 Å². The third-order valence-corrected chi connectivity index (χ3v) is 3.40. The van der Waals surface area contributed by atoms with Crippen LogP contribution in [0.15, 0.2) is 12.1 Å². The van der Waals surface area contributed by atoms with Crippen LogP contribution in [-0.2, 0) is 4.79 Å². The van der Waals surface area contributed by atoms with Crippen molar-refractivity contribution in [2.24, 2.45) is 0 Å². The summed E-state index contributed by atoms with van der Waals surface area (Å²) in [6, 6.07) is 3.44. The Hall–Kier alpha value is -2.18. The molecule has 2 amide bonds. The van der Waals surface area contributed by atoms with Crippen LogP contribution in [0.3, 0.4) is 0 Å². The summed E-state index contributed by atoms with van der Waals surface area (Å²) in [6.07, 6.45) is 0. The zero-order valence-electron chi connectivity index (χ0n) is 13.6. The Kier molecular flexibility index (Phi) is 4.63. The Bertz CT molecular complexity index is 542. The Labute approximate surface area is 130 Å². The SMILES string of the molecule is CC(=O)N1CCN(C(=O)c2ccc(NC(C)(C)C)nn2)CC1. The first-order chi connectivity index (χ1) is 10.3. The van der Waals surface area contributed by atoms with E-state index in [1.165, 1.54) is 0 Å². The lowest BCUT2D eigenvalue weighted by molar-refractivity contribution is -0.130. The van der Waals surface area contributed by atoms with Crippen molar-refractivity contribution >= 4 is 17.6 Å². The molecule has 0 aliphatic carbocycles. The molecule has 0 saturated carbocycles. The number of aromatic nitrogens is 2. The van der Waals surface area contributed by atoms with Crippen LogP contribution in [0.4, 0.5) is 5.82 Å². The van der Waals surface area contributed by atoms with Gasteiger partial charge in [-0.05, 0) is 32.9 Å². The number of rotatable bonds is 2. The van der Waals surface area contributed by atoms with Gasteiger partial charge in [-0.2, -0.15) is 0 Å². The Morgan fingerprint density at radius 3 is 2.09 bits per heavy atom. The quantitative estimate of drug-likeness (QED) is 0.881. The molecule has 0 spiro atoms. The van der Waals surface area contributed by atoms with Crippen molar-refractivity contribution in [3.63, 3.8) is 0 Å². The zero-order chi connectivity index (χ0) is 16.3. The van der Waals surface area contributed by atoms with Crippen molar-refractivity contribution in [2.45, 2.75) is 33.2 Å². The molecule has 120 valence electrons. The Morgan fingerprint density at radius 1 is 1.05 bits per heavy atom. The van der Waals surface area contributed by atoms with Gasteiger partial charge in [-0.15, -0.1) is 10.2 Å². The van der Waals surface area contributed by atoms with E-state index in [4.69, 9.17) is 0 Å². The van der Waals surface area contributed by atoms with E-state index in [2.05, 4.69) is 15.5 Å². The molecule has 7 heteroatoms. The molecule has 7 nitrogen and oxygen atoms in total. The van der Waals surface area contributed by atoms with Crippen LogP contribution in [0.25, 0.3) is 0 Å². The normalized spacial score (nSPS) is 15.6. The summed E-state index contributed by atoms with van der Waals surface area (Å²) in [5, 5.41) is 11.3. The molecule has 1 aliphatic rings. The van der Waals surface area contributed by atoms with Gasteiger partial charge in [0.05, 0.1) is 0 Å². The number of hydrogen-bond donors (Lipinski definition) is 1. The number of amides is 2. The zero-order valence-corrected chi connectivity index (χ0v) is 13.6. The Morgan fingerprint density at radius 2 is 1.64 bits per heavy atom. The molecule has 0 unspecified atom stereocenters. The summed E-state index contributed by atoms with van der Waals surface area (Å²) in [7, 11) is 0. The lowest BCUT2D eigenvalue weighted by Crippen LogP contribution is -2.50. The minimum absolute atomic E-state index is 0.0458. The summed E-state index contributed by atoms with van der Waals surface area (Å²) in [6.45, 7) is 9.83. The van der Waals surface area contributed by atoms with Gasteiger partial charge in [0.1, 0.15) is 5.82 Å². The fourth-order valence-corrected chi connectivity index (χ4v) is 2.28. The summed E-state index contributed by atoms with van der Waals surface area (Å²) < 4.78 is 0. The number of piperazine rings is 1. The van der Waals surface area contributed by atoms with Crippen molar-refractivity contribution in [2.75, 3.05) is 31.5 Å². The lowest BCUT2D eigenvalue weighted by atomic mass is 10.1. The third-order valence-electron chi connectivity index (χ3n) is 3.40. The molecule has 1 aromatic heterocycles. The summed E-state index contributed by atoms with van der Waals surface area (Å²) in [5.74, 6) is 0.549. The van der Waals surface area contributed by atoms with Crippen molar-refractivity contribution < 1.29 is 9.59 Å². The second kappa shape index (κ2) is 6.29. The van der Waals surface area contributed by atoms with E-state index in [0.29, 0.717) is 37.7 Å². The maximum absolute atomic E-state index is 12.4. The topological polar surface area (TPSA) is 78.4 Å². The first kappa shape index (κ1) is 16.2. The van der Waals surface area contributed by atoms with Gasteiger partial charge >= 0.3 is 0 Å². The number of carbonyl (C=O) groups excluding carboxylic acids is 2. The van der Waals surface area contributed by atoms with Gasteiger partial charge in [-0.1, -0.05) is 0 Å². The van der Waals surface area contributed by atoms with Gasteiger partial charge in [0.25, 0.3) is 5.91 Å². The molecular formula is C15H23N5O2. The number of nitrogens with zero attached hydrogens (tertiary/aromatic N) is 4. The maximum Gasteiger partial charge on any atom is 0.274 e. The second-order valence-corrected chi connectivity index (χ2v) is 6.48. The number of nitrogens with one attached hydrogen (secondary N) is 1. The molecule has 0 aromatic carbocycles. The van der Waals surface area contributed by atoms with Gasteiger partial charge < -0.3 is 15.1 Å². The standard InChI is InChI=1S/C15H23N5O2/c1-11(21)19-7-9-20(10-8-19)14(22)12-5-6-13(18-17-12)16-15(2,3)4/h5-6H,7-10H2,1-4H3,(H,16,18). The molecule has 1 N–H and O–H groups in total. The van der Waals surface area contributed by atoms with Crippen LogP contribution in [-0.4, -0.2) is 63.5 Å². The first-order valence-corrected chi connectivity index (χ1v) is 7.43. The Balaban J connectivity index is 1.97. The molecule has 0 atom stereocenters. The van der Waals surface area contributed by atoms with Crippen molar-refractivity contribution in [1.82, 2.24) is 20.0 Å². The first-order valence-electron chi connectivity index (χ1n) is 7.43. The molecule has 2 heterocycles. The van der Waals surface area contributed by atoms with Crippen molar-refractivity contribution in [3.8, 4) is 0 Å². The van der Waals surface area contributed by atoms with Crippen LogP contribution in [0, 0.1) is 0 Å². The fourth-order valence-electron chi connectivity index (χ4n) is 2.28. The molecule has 0 bridgehead atoms. The number of carbonyl (C=O) groups is 2. The highest BCUT2D eigenvalue weighted by Gasteiger charge is 2.24. The molecule has 1 aliphatic heterocycles. The van der Waals surface area contributed by atoms with Crippen LogP contribution in [0.2, 0.25) is 0 Å². The molecule has 22 heavy (non-hydrogen) atoms. The minimum Gasteiger partial charge on any atom is -0.364 e. The van der Waals surface area contributed by atoms with Crippen LogP contribution in [0.5, 0.6) is 0 Å². The molecule has 1 saturated heterocycles. The van der Waals surface area contributed by atoms with E-state index < -0.39 is 0 Å². The van der Waals surface area contributed by atoms with E-state index in [1.807, 2.05) is 20.8 Å².